The van der Waals surface area contributed by atoms with E-state index in [0.29, 0.717) is 0 Å². The number of benzene rings is 4. The Bertz CT molecular complexity index is 2500. The maximum Gasteiger partial charge on any atom is 0.282 e. The molecule has 5 heterocycles. The molecule has 0 amide bonds. The number of aryl methyl sites for hydroxylation is 3. The summed E-state index contributed by atoms with van der Waals surface area (Å²) in [7, 11) is 0. The summed E-state index contributed by atoms with van der Waals surface area (Å²) in [4.78, 5) is 0. The van der Waals surface area contributed by atoms with Crippen molar-refractivity contribution < 1.29 is 13.7 Å². The van der Waals surface area contributed by atoms with E-state index in [4.69, 9.17) is 0 Å². The van der Waals surface area contributed by atoms with Crippen molar-refractivity contribution in [2.24, 2.45) is 0 Å². The predicted octanol–water partition coefficient (Wildman–Crippen LogP) is 9.69. The van der Waals surface area contributed by atoms with E-state index in [9.17, 15) is 0 Å². The highest BCUT2D eigenvalue weighted by molar-refractivity contribution is 7.26. The van der Waals surface area contributed by atoms with Gasteiger partial charge in [0.05, 0.1) is 11.1 Å². The van der Waals surface area contributed by atoms with E-state index < -0.39 is 0 Å². The lowest BCUT2D eigenvalue weighted by Gasteiger charge is -2.19. The van der Waals surface area contributed by atoms with Gasteiger partial charge < -0.3 is 0 Å². The summed E-state index contributed by atoms with van der Waals surface area (Å²) in [6.45, 7) is 7.48. The van der Waals surface area contributed by atoms with Gasteiger partial charge in [0.1, 0.15) is 0 Å². The van der Waals surface area contributed by atoms with Crippen molar-refractivity contribution in [2.75, 3.05) is 0 Å². The first-order valence-electron chi connectivity index (χ1n) is 17.1. The largest absolute Gasteiger partial charge is 0.282 e. The van der Waals surface area contributed by atoms with Gasteiger partial charge in [0.2, 0.25) is 23.6 Å². The van der Waals surface area contributed by atoms with Crippen LogP contribution in [0.3, 0.4) is 0 Å². The van der Waals surface area contributed by atoms with E-state index in [1.807, 2.05) is 11.3 Å². The van der Waals surface area contributed by atoms with E-state index in [1.54, 1.807) is 0 Å². The van der Waals surface area contributed by atoms with Crippen molar-refractivity contribution in [3.8, 4) is 33.8 Å². The molecule has 1 aliphatic heterocycles. The number of hydrogen-bond acceptors (Lipinski definition) is 1. The molecule has 0 spiro atoms. The molecule has 0 aliphatic carbocycles. The van der Waals surface area contributed by atoms with Crippen LogP contribution in [0.25, 0.3) is 53.9 Å². The van der Waals surface area contributed by atoms with Crippen LogP contribution in [0.15, 0.2) is 152 Å². The van der Waals surface area contributed by atoms with Crippen molar-refractivity contribution in [1.82, 2.24) is 0 Å². The minimum Gasteiger partial charge on any atom is -0.191 e. The van der Waals surface area contributed by atoms with Gasteiger partial charge in [-0.2, -0.15) is 13.7 Å². The second-order valence-electron chi connectivity index (χ2n) is 13.4. The second kappa shape index (κ2) is 11.9. The van der Waals surface area contributed by atoms with Crippen LogP contribution in [0.1, 0.15) is 34.3 Å². The summed E-state index contributed by atoms with van der Waals surface area (Å²) >= 11 is 1.91. The third kappa shape index (κ3) is 4.90. The van der Waals surface area contributed by atoms with E-state index >= 15 is 0 Å². The highest BCUT2D eigenvalue weighted by atomic mass is 32.1. The Morgan fingerprint density at radius 2 is 1.33 bits per heavy atom. The molecule has 4 aromatic carbocycles. The van der Waals surface area contributed by atoms with Crippen molar-refractivity contribution in [1.29, 1.82) is 0 Å². The summed E-state index contributed by atoms with van der Waals surface area (Å²) in [5, 5.41) is 2.66. The minimum atomic E-state index is 0.0538. The van der Waals surface area contributed by atoms with E-state index in [-0.39, 0.29) is 12.1 Å². The maximum atomic E-state index is 2.55. The molecule has 1 aliphatic rings. The summed E-state index contributed by atoms with van der Waals surface area (Å²) < 4.78 is 10.3. The number of thiophene rings is 1. The first kappa shape index (κ1) is 29.7. The predicted molar refractivity (Wildman–Crippen MR) is 200 cm³/mol. The molecule has 49 heavy (non-hydrogen) atoms. The van der Waals surface area contributed by atoms with Crippen LogP contribution >= 0.6 is 11.3 Å². The first-order chi connectivity index (χ1) is 24.1. The lowest BCUT2D eigenvalue weighted by atomic mass is 9.95. The number of aromatic nitrogens is 3. The average molecular weight is 653 g/mol. The molecule has 0 fully saturated rings. The monoisotopic (exact) mass is 652 g/mol. The summed E-state index contributed by atoms with van der Waals surface area (Å²) in [5.74, 6) is 0. The minimum absolute atomic E-state index is 0.0538. The summed E-state index contributed by atoms with van der Waals surface area (Å²) in [6, 6.07) is 49.2. The Labute approximate surface area is 291 Å². The van der Waals surface area contributed by atoms with Crippen molar-refractivity contribution in [3.05, 3.63) is 174 Å². The van der Waals surface area contributed by atoms with Crippen LogP contribution in [0.2, 0.25) is 0 Å². The molecule has 0 saturated heterocycles. The van der Waals surface area contributed by atoms with Crippen LogP contribution in [-0.4, -0.2) is 0 Å². The van der Waals surface area contributed by atoms with Crippen molar-refractivity contribution in [2.45, 2.75) is 39.4 Å². The van der Waals surface area contributed by atoms with Crippen molar-refractivity contribution >= 4 is 31.5 Å². The molecule has 4 aromatic heterocycles. The smallest absolute Gasteiger partial charge is 0.191 e. The molecule has 2 unspecified atom stereocenters. The molecule has 2 atom stereocenters. The van der Waals surface area contributed by atoms with Gasteiger partial charge in [-0.1, -0.05) is 66.7 Å². The molecule has 4 heteroatoms. The van der Waals surface area contributed by atoms with Crippen molar-refractivity contribution in [3.63, 3.8) is 0 Å². The number of pyridine rings is 3. The van der Waals surface area contributed by atoms with Crippen LogP contribution < -0.4 is 13.7 Å². The molecule has 9 rings (SSSR count). The normalized spacial score (nSPS) is 14.2. The fourth-order valence-electron chi connectivity index (χ4n) is 8.08. The zero-order valence-corrected chi connectivity index (χ0v) is 28.9. The molecule has 8 aromatic rings. The highest BCUT2D eigenvalue weighted by Crippen LogP contribution is 2.42. The van der Waals surface area contributed by atoms with Gasteiger partial charge in [-0.25, -0.2) is 0 Å². The Kier molecular flexibility index (Phi) is 7.21. The van der Waals surface area contributed by atoms with E-state index in [2.05, 4.69) is 187 Å². The molecule has 0 radical (unpaired) electrons. The molecule has 236 valence electrons. The Morgan fingerprint density at radius 1 is 0.592 bits per heavy atom. The molecule has 0 bridgehead atoms. The zero-order valence-electron chi connectivity index (χ0n) is 28.0. The van der Waals surface area contributed by atoms with Gasteiger partial charge in [-0.3, -0.25) is 0 Å². The van der Waals surface area contributed by atoms with Gasteiger partial charge in [0.25, 0.3) is 12.1 Å². The fourth-order valence-corrected chi connectivity index (χ4v) is 9.39. The van der Waals surface area contributed by atoms with Gasteiger partial charge in [0, 0.05) is 67.2 Å². The highest BCUT2D eigenvalue weighted by Gasteiger charge is 2.49. The van der Waals surface area contributed by atoms with Crippen LogP contribution in [0.4, 0.5) is 0 Å². The van der Waals surface area contributed by atoms with Crippen LogP contribution in [0.5, 0.6) is 0 Å². The van der Waals surface area contributed by atoms with Gasteiger partial charge in [-0.15, -0.1) is 11.3 Å². The van der Waals surface area contributed by atoms with Gasteiger partial charge >= 0.3 is 0 Å². The third-order valence-electron chi connectivity index (χ3n) is 10.3. The second-order valence-corrected chi connectivity index (χ2v) is 14.4. The molecule has 0 saturated carbocycles. The van der Waals surface area contributed by atoms with Crippen LogP contribution in [-0.2, 0) is 6.54 Å². The topological polar surface area (TPSA) is 11.6 Å². The SMILES string of the molecule is Cc1ccc(-c2c(C)ccc3c2sc2ccccc23)[n+](CC(C2c3ccccc3-c3cccc[n+]32)[n+]2ccccc2-c2ccccc2C)c1. The standard InChI is InChI=1S/C45H38N3S/c1-30-22-25-40(43-32(3)23-24-37-35-17-8-9-21-42(35)49-45(37)43)46(28-30)29-41(47-26-12-10-19-38(47)33-15-5-4-14-31(33)2)44-36-18-7-6-16-34(36)39-20-11-13-27-48(39)44/h4-28,41,44H,29H2,1-3H3/q+3. The number of rotatable bonds is 6. The molecular formula is C45H38N3S+3. The first-order valence-corrected chi connectivity index (χ1v) is 18.0. The molecule has 3 nitrogen and oxygen atoms in total. The quantitative estimate of drug-likeness (QED) is 0.159. The Balaban J connectivity index is 1.30. The summed E-state index contributed by atoms with van der Waals surface area (Å²) in [6.07, 6.45) is 6.93. The Morgan fingerprint density at radius 3 is 2.20 bits per heavy atom. The number of fused-ring (bicyclic) bond motifs is 6. The van der Waals surface area contributed by atoms with Crippen LogP contribution in [0, 0.1) is 20.8 Å². The lowest BCUT2D eigenvalue weighted by Crippen LogP contribution is -2.58. The van der Waals surface area contributed by atoms with E-state index in [0.717, 1.165) is 6.54 Å². The van der Waals surface area contributed by atoms with E-state index in [1.165, 1.54) is 76.2 Å². The Hall–Kier alpha value is -5.45. The molecule has 0 N–H and O–H groups in total. The summed E-state index contributed by atoms with van der Waals surface area (Å²) in [5.41, 5.74) is 12.8. The number of nitrogens with zero attached hydrogens (tertiary/aromatic N) is 3. The number of hydrogen-bond donors (Lipinski definition) is 0. The average Bonchev–Trinajstić information content (AvgIpc) is 3.67. The fraction of sp³-hybridized carbons (Fsp3) is 0.133. The van der Waals surface area contributed by atoms with Gasteiger partial charge in [0.15, 0.2) is 18.6 Å². The maximum absolute atomic E-state index is 2.55. The zero-order chi connectivity index (χ0) is 33.1. The van der Waals surface area contributed by atoms with Gasteiger partial charge in [-0.05, 0) is 68.3 Å². The molecular weight excluding hydrogens is 615 g/mol. The third-order valence-corrected chi connectivity index (χ3v) is 11.6. The lowest BCUT2D eigenvalue weighted by molar-refractivity contribution is -0.838.